The lowest BCUT2D eigenvalue weighted by Crippen LogP contribution is -2.07. The van der Waals surface area contributed by atoms with E-state index in [1.165, 1.54) is 24.3 Å². The van der Waals surface area contributed by atoms with Crippen LogP contribution in [-0.4, -0.2) is 16.1 Å². The molecule has 0 unspecified atom stereocenters. The summed E-state index contributed by atoms with van der Waals surface area (Å²) in [7, 11) is 0. The fraction of sp³-hybridized carbons (Fsp3) is 0.333. The van der Waals surface area contributed by atoms with Crippen LogP contribution in [0.5, 0.6) is 0 Å². The van der Waals surface area contributed by atoms with Crippen molar-refractivity contribution in [2.24, 2.45) is 0 Å². The number of carboxylic acids is 1. The number of carboxylic acid groups (broad SMARTS) is 1. The molecule has 3 rings (SSSR count). The molecule has 16 heavy (non-hydrogen) atoms. The highest BCUT2D eigenvalue weighted by Gasteiger charge is 2.23. The van der Waals surface area contributed by atoms with Crippen LogP contribution in [0, 0.1) is 0 Å². The van der Waals surface area contributed by atoms with Crippen LogP contribution in [0.15, 0.2) is 18.2 Å². The molecule has 0 saturated heterocycles. The predicted molar refractivity (Wildman–Crippen MR) is 63.2 cm³/mol. The Balaban J connectivity index is 2.06. The molecule has 1 aliphatic rings. The Kier molecular flexibility index (Phi) is 2.17. The first-order chi connectivity index (χ1) is 7.74. The molecule has 0 bridgehead atoms. The number of thiazole rings is 1. The van der Waals surface area contributed by atoms with E-state index in [1.807, 2.05) is 6.07 Å². The van der Waals surface area contributed by atoms with E-state index < -0.39 is 5.97 Å². The van der Waals surface area contributed by atoms with E-state index in [-0.39, 0.29) is 0 Å². The molecule has 0 aliphatic heterocycles. The molecule has 0 spiro atoms. The number of aromatic carboxylic acids is 1. The van der Waals surface area contributed by atoms with Crippen LogP contribution in [0.25, 0.3) is 10.2 Å². The van der Waals surface area contributed by atoms with Gasteiger partial charge in [-0.15, -0.1) is 11.3 Å². The number of hydrogen-bond acceptors (Lipinski definition) is 3. The van der Waals surface area contributed by atoms with Gasteiger partial charge >= 0.3 is 5.97 Å². The molecule has 1 aromatic heterocycles. The highest BCUT2D eigenvalue weighted by molar-refractivity contribution is 7.18. The molecule has 0 amide bonds. The average molecular weight is 233 g/mol. The zero-order valence-corrected chi connectivity index (χ0v) is 9.46. The molecule has 82 valence electrons. The standard InChI is InChI=1S/C12H11NO2S/c14-12(15)8-4-5-10-9(6-8)13-11(16-10)7-2-1-3-7/h4-7H,1-3H2,(H,14,15). The smallest absolute Gasteiger partial charge is 0.335 e. The van der Waals surface area contributed by atoms with Gasteiger partial charge in [-0.25, -0.2) is 9.78 Å². The molecule has 0 atom stereocenters. The number of carbonyl (C=O) groups is 1. The van der Waals surface area contributed by atoms with E-state index in [2.05, 4.69) is 4.98 Å². The van der Waals surface area contributed by atoms with Crippen molar-refractivity contribution in [2.45, 2.75) is 25.2 Å². The Morgan fingerprint density at radius 2 is 2.25 bits per heavy atom. The number of nitrogens with zero attached hydrogens (tertiary/aromatic N) is 1. The molecular weight excluding hydrogens is 222 g/mol. The van der Waals surface area contributed by atoms with E-state index in [4.69, 9.17) is 5.11 Å². The fourth-order valence-electron chi connectivity index (χ4n) is 1.91. The summed E-state index contributed by atoms with van der Waals surface area (Å²) < 4.78 is 1.09. The lowest BCUT2D eigenvalue weighted by Gasteiger charge is -2.22. The maximum atomic E-state index is 10.8. The van der Waals surface area contributed by atoms with Gasteiger partial charge in [0.25, 0.3) is 0 Å². The van der Waals surface area contributed by atoms with Gasteiger partial charge in [-0.05, 0) is 31.0 Å². The minimum Gasteiger partial charge on any atom is -0.478 e. The molecule has 1 saturated carbocycles. The van der Waals surface area contributed by atoms with Gasteiger partial charge < -0.3 is 5.11 Å². The molecule has 1 heterocycles. The van der Waals surface area contributed by atoms with Gasteiger partial charge in [0.1, 0.15) is 0 Å². The second kappa shape index (κ2) is 3.56. The van der Waals surface area contributed by atoms with Crippen molar-refractivity contribution >= 4 is 27.5 Å². The van der Waals surface area contributed by atoms with Gasteiger partial charge in [0.05, 0.1) is 20.8 Å². The number of benzene rings is 1. The largest absolute Gasteiger partial charge is 0.478 e. The fourth-order valence-corrected chi connectivity index (χ4v) is 3.02. The molecule has 0 radical (unpaired) electrons. The molecule has 1 aliphatic carbocycles. The third-order valence-corrected chi connectivity index (χ3v) is 4.30. The number of hydrogen-bond donors (Lipinski definition) is 1. The maximum absolute atomic E-state index is 10.8. The van der Waals surface area contributed by atoms with Crippen LogP contribution in [-0.2, 0) is 0 Å². The summed E-state index contributed by atoms with van der Waals surface area (Å²) in [6, 6.07) is 5.17. The summed E-state index contributed by atoms with van der Waals surface area (Å²) in [6.45, 7) is 0. The topological polar surface area (TPSA) is 50.2 Å². The highest BCUT2D eigenvalue weighted by Crippen LogP contribution is 2.39. The summed E-state index contributed by atoms with van der Waals surface area (Å²) in [5.41, 5.74) is 1.14. The van der Waals surface area contributed by atoms with Crippen LogP contribution in [0.1, 0.15) is 40.5 Å². The van der Waals surface area contributed by atoms with Crippen molar-refractivity contribution in [1.29, 1.82) is 0 Å². The van der Waals surface area contributed by atoms with Crippen LogP contribution in [0.4, 0.5) is 0 Å². The van der Waals surface area contributed by atoms with Crippen molar-refractivity contribution in [3.05, 3.63) is 28.8 Å². The van der Waals surface area contributed by atoms with E-state index in [9.17, 15) is 4.79 Å². The second-order valence-electron chi connectivity index (χ2n) is 4.17. The summed E-state index contributed by atoms with van der Waals surface area (Å²) in [4.78, 5) is 15.4. The SMILES string of the molecule is O=C(O)c1ccc2sc(C3CCC3)nc2c1. The van der Waals surface area contributed by atoms with E-state index >= 15 is 0 Å². The summed E-state index contributed by atoms with van der Waals surface area (Å²) >= 11 is 1.70. The van der Waals surface area contributed by atoms with Crippen LogP contribution in [0.2, 0.25) is 0 Å². The van der Waals surface area contributed by atoms with E-state index in [0.717, 1.165) is 10.2 Å². The molecule has 4 heteroatoms. The number of fused-ring (bicyclic) bond motifs is 1. The zero-order valence-electron chi connectivity index (χ0n) is 8.64. The number of aromatic nitrogens is 1. The maximum Gasteiger partial charge on any atom is 0.335 e. The highest BCUT2D eigenvalue weighted by atomic mass is 32.1. The Morgan fingerprint density at radius 3 is 2.88 bits per heavy atom. The van der Waals surface area contributed by atoms with Crippen LogP contribution in [0.3, 0.4) is 0 Å². The zero-order chi connectivity index (χ0) is 11.1. The van der Waals surface area contributed by atoms with Crippen LogP contribution < -0.4 is 0 Å². The first-order valence-electron chi connectivity index (χ1n) is 5.38. The van der Waals surface area contributed by atoms with Crippen molar-refractivity contribution in [3.63, 3.8) is 0 Å². The number of rotatable bonds is 2. The lowest BCUT2D eigenvalue weighted by molar-refractivity contribution is 0.0697. The Hall–Kier alpha value is -1.42. The molecule has 2 aromatic rings. The normalized spacial score (nSPS) is 16.2. The minimum atomic E-state index is -0.889. The first-order valence-corrected chi connectivity index (χ1v) is 6.19. The Bertz CT molecular complexity index is 557. The van der Waals surface area contributed by atoms with Crippen molar-refractivity contribution < 1.29 is 9.90 Å². The summed E-state index contributed by atoms with van der Waals surface area (Å²) in [5.74, 6) is -0.272. The van der Waals surface area contributed by atoms with Crippen molar-refractivity contribution in [2.75, 3.05) is 0 Å². The van der Waals surface area contributed by atoms with Gasteiger partial charge in [-0.2, -0.15) is 0 Å². The van der Waals surface area contributed by atoms with Crippen molar-refractivity contribution in [1.82, 2.24) is 4.98 Å². The average Bonchev–Trinajstić information content (AvgIpc) is 2.56. The Labute approximate surface area is 96.7 Å². The molecule has 1 fully saturated rings. The van der Waals surface area contributed by atoms with Crippen molar-refractivity contribution in [3.8, 4) is 0 Å². The lowest BCUT2D eigenvalue weighted by atomic mass is 9.86. The minimum absolute atomic E-state index is 0.318. The molecular formula is C12H11NO2S. The summed E-state index contributed by atoms with van der Waals surface area (Å²) in [5, 5.41) is 10.1. The Morgan fingerprint density at radius 1 is 1.44 bits per heavy atom. The van der Waals surface area contributed by atoms with Crippen LogP contribution >= 0.6 is 11.3 Å². The van der Waals surface area contributed by atoms with Gasteiger partial charge in [0, 0.05) is 5.92 Å². The molecule has 1 aromatic carbocycles. The second-order valence-corrected chi connectivity index (χ2v) is 5.23. The predicted octanol–water partition coefficient (Wildman–Crippen LogP) is 3.26. The third kappa shape index (κ3) is 1.50. The first kappa shape index (κ1) is 9.78. The van der Waals surface area contributed by atoms with Gasteiger partial charge in [0.2, 0.25) is 0 Å². The quantitative estimate of drug-likeness (QED) is 0.866. The van der Waals surface area contributed by atoms with Gasteiger partial charge in [0.15, 0.2) is 0 Å². The van der Waals surface area contributed by atoms with Gasteiger partial charge in [-0.1, -0.05) is 6.42 Å². The van der Waals surface area contributed by atoms with E-state index in [1.54, 1.807) is 23.5 Å². The van der Waals surface area contributed by atoms with E-state index in [0.29, 0.717) is 11.5 Å². The monoisotopic (exact) mass is 233 g/mol. The molecule has 1 N–H and O–H groups in total. The summed E-state index contributed by atoms with van der Waals surface area (Å²) in [6.07, 6.45) is 3.75. The van der Waals surface area contributed by atoms with Gasteiger partial charge in [-0.3, -0.25) is 0 Å². The molecule has 3 nitrogen and oxygen atoms in total. The third-order valence-electron chi connectivity index (χ3n) is 3.11.